The Kier molecular flexibility index (Phi) is 5.57. The van der Waals surface area contributed by atoms with E-state index in [9.17, 15) is 4.79 Å². The SMILES string of the molecule is C/C(=C/[CH2][Ge][CH]=O)O[Si](C)(C)C. The van der Waals surface area contributed by atoms with Crippen molar-refractivity contribution in [1.29, 1.82) is 0 Å². The van der Waals surface area contributed by atoms with Gasteiger partial charge in [-0.25, -0.2) is 0 Å². The van der Waals surface area contributed by atoms with Gasteiger partial charge in [0.25, 0.3) is 0 Å². The molecule has 0 saturated heterocycles. The van der Waals surface area contributed by atoms with Crippen molar-refractivity contribution in [3.8, 4) is 0 Å². The monoisotopic (exact) mass is 246 g/mol. The van der Waals surface area contributed by atoms with Crippen LogP contribution >= 0.6 is 0 Å². The van der Waals surface area contributed by atoms with E-state index in [-0.39, 0.29) is 15.4 Å². The molecule has 4 heteroatoms. The van der Waals surface area contributed by atoms with Crippen LogP contribution in [0.4, 0.5) is 0 Å². The number of hydrogen-bond donors (Lipinski definition) is 0. The van der Waals surface area contributed by atoms with E-state index in [4.69, 9.17) is 4.43 Å². The zero-order chi connectivity index (χ0) is 9.61. The molecule has 2 radical (unpaired) electrons. The van der Waals surface area contributed by atoms with E-state index in [1.807, 2.05) is 13.0 Å². The minimum atomic E-state index is -1.42. The second-order valence-corrected chi connectivity index (χ2v) is 10.2. The van der Waals surface area contributed by atoms with Gasteiger partial charge >= 0.3 is 81.7 Å². The summed E-state index contributed by atoms with van der Waals surface area (Å²) in [6.07, 6.45) is 2.03. The first kappa shape index (κ1) is 12.0. The molecule has 0 rings (SSSR count). The van der Waals surface area contributed by atoms with Gasteiger partial charge in [0.1, 0.15) is 0 Å². The van der Waals surface area contributed by atoms with Crippen LogP contribution in [0, 0.1) is 0 Å². The van der Waals surface area contributed by atoms with Gasteiger partial charge in [0, 0.05) is 0 Å². The number of rotatable bonds is 5. The second kappa shape index (κ2) is 5.59. The van der Waals surface area contributed by atoms with Crippen molar-refractivity contribution in [2.75, 3.05) is 0 Å². The Hall–Kier alpha value is -0.0303. The maximum absolute atomic E-state index is 10.1. The van der Waals surface area contributed by atoms with Crippen LogP contribution in [-0.4, -0.2) is 28.9 Å². The molecule has 0 aromatic heterocycles. The average molecular weight is 245 g/mol. The van der Waals surface area contributed by atoms with Gasteiger partial charge in [0.15, 0.2) is 0 Å². The second-order valence-electron chi connectivity index (χ2n) is 3.56. The summed E-state index contributed by atoms with van der Waals surface area (Å²) in [5, 5.41) is 1.97. The fraction of sp³-hybridized carbons (Fsp3) is 0.625. The molecule has 0 aromatic carbocycles. The zero-order valence-electron chi connectivity index (χ0n) is 8.18. The van der Waals surface area contributed by atoms with Gasteiger partial charge in [-0.1, -0.05) is 0 Å². The van der Waals surface area contributed by atoms with Crippen molar-refractivity contribution >= 4 is 28.9 Å². The molecule has 0 aliphatic carbocycles. The summed E-state index contributed by atoms with van der Waals surface area (Å²) >= 11 is -0.387. The summed E-state index contributed by atoms with van der Waals surface area (Å²) in [7, 11) is -1.42. The Morgan fingerprint density at radius 3 is 2.50 bits per heavy atom. The summed E-state index contributed by atoms with van der Waals surface area (Å²) in [4.78, 5) is 10.1. The topological polar surface area (TPSA) is 26.3 Å². The van der Waals surface area contributed by atoms with Crippen molar-refractivity contribution in [3.63, 3.8) is 0 Å². The molecule has 0 spiro atoms. The molecule has 0 amide bonds. The molecule has 0 heterocycles. The quantitative estimate of drug-likeness (QED) is 0.320. The van der Waals surface area contributed by atoms with Gasteiger partial charge < -0.3 is 0 Å². The molecule has 68 valence electrons. The molecular formula is C8H16GeO2Si. The van der Waals surface area contributed by atoms with Crippen LogP contribution in [0.5, 0.6) is 0 Å². The Morgan fingerprint density at radius 2 is 2.08 bits per heavy atom. The molecular weight excluding hydrogens is 229 g/mol. The van der Waals surface area contributed by atoms with Crippen molar-refractivity contribution < 1.29 is 9.22 Å². The van der Waals surface area contributed by atoms with Crippen LogP contribution in [0.2, 0.25) is 24.9 Å². The van der Waals surface area contributed by atoms with Gasteiger partial charge in [-0.3, -0.25) is 0 Å². The number of allylic oxidation sites excluding steroid dienone is 2. The maximum atomic E-state index is 10.1. The molecule has 12 heavy (non-hydrogen) atoms. The molecule has 0 bridgehead atoms. The Labute approximate surface area is 82.0 Å². The fourth-order valence-electron chi connectivity index (χ4n) is 0.775. The van der Waals surface area contributed by atoms with E-state index in [1.54, 1.807) is 0 Å². The standard InChI is InChI=1S/C8H16GeO2Si/c1-8(5-6-9-7-10)11-12(2,3)4/h5,7H,6H2,1-4H3/b8-5-. The summed E-state index contributed by atoms with van der Waals surface area (Å²) in [6.45, 7) is 8.43. The third-order valence-electron chi connectivity index (χ3n) is 1.06. The van der Waals surface area contributed by atoms with Crippen molar-refractivity contribution in [2.45, 2.75) is 31.8 Å². The van der Waals surface area contributed by atoms with Crippen LogP contribution in [0.15, 0.2) is 11.8 Å². The molecule has 0 unspecified atom stereocenters. The van der Waals surface area contributed by atoms with Crippen molar-refractivity contribution in [2.24, 2.45) is 0 Å². The van der Waals surface area contributed by atoms with E-state index >= 15 is 0 Å². The molecule has 0 saturated carbocycles. The summed E-state index contributed by atoms with van der Waals surface area (Å²) in [5.41, 5.74) is 0. The van der Waals surface area contributed by atoms with Crippen molar-refractivity contribution in [1.82, 2.24) is 0 Å². The number of hydrogen-bond acceptors (Lipinski definition) is 2. The average Bonchev–Trinajstić information content (AvgIpc) is 1.84. The minimum absolute atomic E-state index is 0.387. The Balaban J connectivity index is 3.77. The molecule has 0 atom stereocenters. The summed E-state index contributed by atoms with van der Waals surface area (Å²) < 4.78 is 5.69. The summed E-state index contributed by atoms with van der Waals surface area (Å²) in [6, 6.07) is 0. The molecule has 2 nitrogen and oxygen atoms in total. The fourth-order valence-corrected chi connectivity index (χ4v) is 2.88. The number of carbonyl (C=O) groups excluding carboxylic acids is 1. The first-order chi connectivity index (χ1) is 5.45. The predicted octanol–water partition coefficient (Wildman–Crippen LogP) is 2.05. The summed E-state index contributed by atoms with van der Waals surface area (Å²) in [5.74, 6) is 0.986. The van der Waals surface area contributed by atoms with Gasteiger partial charge in [-0.05, 0) is 0 Å². The van der Waals surface area contributed by atoms with Gasteiger partial charge in [-0.2, -0.15) is 0 Å². The molecule has 0 aromatic rings. The number of carbonyl (C=O) groups is 1. The van der Waals surface area contributed by atoms with Crippen LogP contribution in [-0.2, 0) is 9.22 Å². The van der Waals surface area contributed by atoms with Crippen LogP contribution in [0.3, 0.4) is 0 Å². The third kappa shape index (κ3) is 8.07. The molecule has 0 aliphatic rings. The van der Waals surface area contributed by atoms with Gasteiger partial charge in [0.2, 0.25) is 0 Å². The van der Waals surface area contributed by atoms with E-state index in [1.165, 1.54) is 0 Å². The van der Waals surface area contributed by atoms with E-state index in [0.29, 0.717) is 0 Å². The van der Waals surface area contributed by atoms with Crippen LogP contribution in [0.1, 0.15) is 6.92 Å². The van der Waals surface area contributed by atoms with Crippen molar-refractivity contribution in [3.05, 3.63) is 11.8 Å². The third-order valence-corrected chi connectivity index (χ3v) is 3.26. The normalized spacial score (nSPS) is 12.8. The van der Waals surface area contributed by atoms with E-state index < -0.39 is 8.32 Å². The Bertz CT molecular complexity index is 172. The Morgan fingerprint density at radius 1 is 1.50 bits per heavy atom. The van der Waals surface area contributed by atoms with E-state index in [0.717, 1.165) is 16.1 Å². The molecule has 0 N–H and O–H groups in total. The van der Waals surface area contributed by atoms with Crippen LogP contribution < -0.4 is 0 Å². The predicted molar refractivity (Wildman–Crippen MR) is 55.5 cm³/mol. The van der Waals surface area contributed by atoms with Crippen LogP contribution in [0.25, 0.3) is 0 Å². The first-order valence-electron chi connectivity index (χ1n) is 3.98. The zero-order valence-corrected chi connectivity index (χ0v) is 11.3. The molecule has 0 fully saturated rings. The van der Waals surface area contributed by atoms with E-state index in [2.05, 4.69) is 19.6 Å². The van der Waals surface area contributed by atoms with Gasteiger partial charge in [-0.15, -0.1) is 0 Å². The van der Waals surface area contributed by atoms with Gasteiger partial charge in [0.05, 0.1) is 0 Å². The first-order valence-corrected chi connectivity index (χ1v) is 10.1. The molecule has 0 aliphatic heterocycles.